The number of benzene rings is 1. The van der Waals surface area contributed by atoms with E-state index < -0.39 is 20.4 Å². The van der Waals surface area contributed by atoms with Crippen LogP contribution in [0.5, 0.6) is 5.75 Å². The van der Waals surface area contributed by atoms with Gasteiger partial charge in [0.1, 0.15) is 12.0 Å². The van der Waals surface area contributed by atoms with Crippen LogP contribution in [0.3, 0.4) is 0 Å². The van der Waals surface area contributed by atoms with E-state index in [4.69, 9.17) is 32.8 Å². The smallest absolute Gasteiger partial charge is 0.192 e. The number of methoxy groups -OCH3 is 2. The number of rotatable bonds is 16. The zero-order valence-electron chi connectivity index (χ0n) is 28.3. The molecular formula is C34H58O8Si. The van der Waals surface area contributed by atoms with E-state index in [1.165, 1.54) is 0 Å². The van der Waals surface area contributed by atoms with Crippen LogP contribution in [0.2, 0.25) is 18.1 Å². The molecule has 0 spiro atoms. The van der Waals surface area contributed by atoms with Gasteiger partial charge in [0.15, 0.2) is 20.4 Å². The fourth-order valence-corrected chi connectivity index (χ4v) is 9.73. The van der Waals surface area contributed by atoms with Crippen LogP contribution in [0, 0.1) is 17.8 Å². The van der Waals surface area contributed by atoms with Gasteiger partial charge in [-0.2, -0.15) is 0 Å². The van der Waals surface area contributed by atoms with E-state index in [-0.39, 0.29) is 48.3 Å². The molecule has 3 rings (SSSR count). The molecule has 9 heteroatoms. The number of hydrogen-bond donors (Lipinski definition) is 0. The van der Waals surface area contributed by atoms with Gasteiger partial charge in [0, 0.05) is 43.3 Å². The summed E-state index contributed by atoms with van der Waals surface area (Å²) in [5.74, 6) is -0.0654. The number of hydrogen-bond acceptors (Lipinski definition) is 8. The van der Waals surface area contributed by atoms with Crippen molar-refractivity contribution in [1.82, 2.24) is 0 Å². The molecule has 246 valence electrons. The standard InChI is InChI=1S/C34H58O8Si/c1-11-43(12-2,13-3)42-32(23(4)22-35)25(6)31-21-30(40-34(7,8)41-31)24(5)29(37-10)20-28-18-19-38-33(39-28)26-14-16-27(36-9)17-15-26/h14-17,22-25,28-33H,11-13,18-21H2,1-10H3/t23-,24+,25-,28-,29-,30-,31+,32+,33-/m0/s1. The van der Waals surface area contributed by atoms with Crippen LogP contribution in [0.1, 0.15) is 86.5 Å². The van der Waals surface area contributed by atoms with Gasteiger partial charge in [-0.1, -0.05) is 53.7 Å². The molecule has 0 saturated carbocycles. The van der Waals surface area contributed by atoms with Gasteiger partial charge >= 0.3 is 0 Å². The Labute approximate surface area is 261 Å². The molecule has 0 unspecified atom stereocenters. The summed E-state index contributed by atoms with van der Waals surface area (Å²) in [6, 6.07) is 10.9. The lowest BCUT2D eigenvalue weighted by atomic mass is 9.82. The highest BCUT2D eigenvalue weighted by atomic mass is 28.4. The van der Waals surface area contributed by atoms with E-state index in [9.17, 15) is 4.79 Å². The summed E-state index contributed by atoms with van der Waals surface area (Å²) in [5.41, 5.74) is 0.974. The Hall–Kier alpha value is -1.33. The van der Waals surface area contributed by atoms with Crippen LogP contribution >= 0.6 is 0 Å². The van der Waals surface area contributed by atoms with E-state index in [0.717, 1.165) is 48.6 Å². The summed E-state index contributed by atoms with van der Waals surface area (Å²) in [4.78, 5) is 12.1. The number of ether oxygens (including phenoxy) is 6. The van der Waals surface area contributed by atoms with E-state index >= 15 is 0 Å². The number of carbonyl (C=O) groups excluding carboxylic acids is 1. The first-order valence-electron chi connectivity index (χ1n) is 16.4. The van der Waals surface area contributed by atoms with Crippen molar-refractivity contribution in [2.24, 2.45) is 17.8 Å². The fraction of sp³-hybridized carbons (Fsp3) is 0.794. The van der Waals surface area contributed by atoms with Crippen molar-refractivity contribution in [3.05, 3.63) is 29.8 Å². The molecule has 0 aromatic heterocycles. The molecule has 2 saturated heterocycles. The predicted octanol–water partition coefficient (Wildman–Crippen LogP) is 7.31. The Morgan fingerprint density at radius 2 is 1.58 bits per heavy atom. The second-order valence-corrected chi connectivity index (χ2v) is 17.7. The van der Waals surface area contributed by atoms with Crippen LogP contribution in [-0.2, 0) is 32.9 Å². The summed E-state index contributed by atoms with van der Waals surface area (Å²) in [5, 5.41) is 0. The Morgan fingerprint density at radius 3 is 2.12 bits per heavy atom. The third-order valence-electron chi connectivity index (χ3n) is 9.88. The van der Waals surface area contributed by atoms with Crippen LogP contribution in [0.25, 0.3) is 0 Å². The zero-order valence-corrected chi connectivity index (χ0v) is 29.3. The lowest BCUT2D eigenvalue weighted by Gasteiger charge is -2.48. The normalized spacial score (nSPS) is 28.0. The van der Waals surface area contributed by atoms with Crippen molar-refractivity contribution >= 4 is 14.6 Å². The van der Waals surface area contributed by atoms with E-state index in [1.54, 1.807) is 14.2 Å². The minimum Gasteiger partial charge on any atom is -0.497 e. The quantitative estimate of drug-likeness (QED) is 0.140. The van der Waals surface area contributed by atoms with E-state index in [1.807, 2.05) is 45.0 Å². The second-order valence-electron chi connectivity index (χ2n) is 13.0. The maximum atomic E-state index is 12.1. The summed E-state index contributed by atoms with van der Waals surface area (Å²) in [6.07, 6.45) is 2.41. The molecule has 9 atom stereocenters. The summed E-state index contributed by atoms with van der Waals surface area (Å²) >= 11 is 0. The van der Waals surface area contributed by atoms with Gasteiger partial charge in [-0.15, -0.1) is 0 Å². The topological polar surface area (TPSA) is 81.7 Å². The van der Waals surface area contributed by atoms with E-state index in [0.29, 0.717) is 13.0 Å². The van der Waals surface area contributed by atoms with Gasteiger partial charge < -0.3 is 37.6 Å². The van der Waals surface area contributed by atoms with Crippen LogP contribution in [0.15, 0.2) is 24.3 Å². The van der Waals surface area contributed by atoms with Crippen molar-refractivity contribution in [3.63, 3.8) is 0 Å². The van der Waals surface area contributed by atoms with Crippen molar-refractivity contribution in [2.75, 3.05) is 20.8 Å². The van der Waals surface area contributed by atoms with Gasteiger partial charge in [-0.3, -0.25) is 0 Å². The second kappa shape index (κ2) is 16.3. The zero-order chi connectivity index (χ0) is 31.8. The van der Waals surface area contributed by atoms with Gasteiger partial charge in [0.25, 0.3) is 0 Å². The molecule has 0 amide bonds. The first kappa shape index (κ1) is 36.1. The summed E-state index contributed by atoms with van der Waals surface area (Å²) in [7, 11) is 1.49. The SMILES string of the molecule is CC[Si](CC)(CC)O[C@@H]([C@@H](C)[C@H]1C[C@@H]([C@H](C)[C@H](C[C@@H]2CCO[C@H](c3ccc(OC)cc3)O2)OC)OC(C)(C)O1)[C@@H](C)C=O. The largest absolute Gasteiger partial charge is 0.497 e. The molecule has 8 nitrogen and oxygen atoms in total. The third kappa shape index (κ3) is 9.34. The first-order valence-corrected chi connectivity index (χ1v) is 18.9. The minimum absolute atomic E-state index is 0.00254. The van der Waals surface area contributed by atoms with Crippen molar-refractivity contribution in [2.45, 2.75) is 135 Å². The average molecular weight is 623 g/mol. The Morgan fingerprint density at radius 1 is 0.977 bits per heavy atom. The van der Waals surface area contributed by atoms with Crippen molar-refractivity contribution < 1.29 is 37.6 Å². The van der Waals surface area contributed by atoms with Crippen LogP contribution < -0.4 is 4.74 Å². The molecule has 1 aromatic carbocycles. The molecule has 0 N–H and O–H groups in total. The lowest BCUT2D eigenvalue weighted by molar-refractivity contribution is -0.322. The molecule has 0 bridgehead atoms. The number of carbonyl (C=O) groups is 1. The molecule has 2 fully saturated rings. The summed E-state index contributed by atoms with van der Waals surface area (Å²) in [6.45, 7) is 17.6. The van der Waals surface area contributed by atoms with Gasteiger partial charge in [0.05, 0.1) is 44.2 Å². The summed E-state index contributed by atoms with van der Waals surface area (Å²) < 4.78 is 43.8. The predicted molar refractivity (Wildman–Crippen MR) is 171 cm³/mol. The van der Waals surface area contributed by atoms with Gasteiger partial charge in [-0.25, -0.2) is 0 Å². The minimum atomic E-state index is -1.94. The molecule has 2 aliphatic rings. The highest BCUT2D eigenvalue weighted by Crippen LogP contribution is 2.40. The highest BCUT2D eigenvalue weighted by molar-refractivity contribution is 6.73. The molecule has 0 aliphatic carbocycles. The first-order chi connectivity index (χ1) is 20.4. The molecule has 2 aliphatic heterocycles. The van der Waals surface area contributed by atoms with Gasteiger partial charge in [-0.05, 0) is 50.5 Å². The third-order valence-corrected chi connectivity index (χ3v) is 14.5. The van der Waals surface area contributed by atoms with Crippen molar-refractivity contribution in [1.29, 1.82) is 0 Å². The molecule has 1 aromatic rings. The van der Waals surface area contributed by atoms with Crippen LogP contribution in [-0.4, -0.2) is 71.7 Å². The van der Waals surface area contributed by atoms with Crippen molar-refractivity contribution in [3.8, 4) is 5.75 Å². The maximum absolute atomic E-state index is 12.1. The number of aldehydes is 1. The Balaban J connectivity index is 1.72. The van der Waals surface area contributed by atoms with E-state index in [2.05, 4.69) is 34.6 Å². The highest BCUT2D eigenvalue weighted by Gasteiger charge is 2.46. The molecule has 2 heterocycles. The Bertz CT molecular complexity index is 959. The Kier molecular flexibility index (Phi) is 13.7. The van der Waals surface area contributed by atoms with Gasteiger partial charge in [0.2, 0.25) is 0 Å². The maximum Gasteiger partial charge on any atom is 0.192 e. The molecule has 0 radical (unpaired) electrons. The lowest BCUT2D eigenvalue weighted by Crippen LogP contribution is -2.54. The fourth-order valence-electron chi connectivity index (χ4n) is 6.72. The molecular weight excluding hydrogens is 564 g/mol. The molecule has 43 heavy (non-hydrogen) atoms. The monoisotopic (exact) mass is 622 g/mol. The average Bonchev–Trinajstić information content (AvgIpc) is 3.03. The van der Waals surface area contributed by atoms with Crippen LogP contribution in [0.4, 0.5) is 0 Å².